The first kappa shape index (κ1) is 11.7. The zero-order valence-electron chi connectivity index (χ0n) is 9.31. The zero-order chi connectivity index (χ0) is 13.1. The van der Waals surface area contributed by atoms with Gasteiger partial charge in [0, 0.05) is 0 Å². The molecule has 0 amide bonds. The number of rotatable bonds is 4. The largest absolute Gasteiger partial charge is 0.496 e. The van der Waals surface area contributed by atoms with Gasteiger partial charge in [-0.3, -0.25) is 14.9 Å². The van der Waals surface area contributed by atoms with Gasteiger partial charge in [-0.25, -0.2) is 4.68 Å². The van der Waals surface area contributed by atoms with E-state index in [2.05, 4.69) is 10.3 Å². The van der Waals surface area contributed by atoms with Gasteiger partial charge < -0.3 is 4.74 Å². The molecule has 1 aromatic carbocycles. The van der Waals surface area contributed by atoms with E-state index in [0.717, 1.165) is 0 Å². The van der Waals surface area contributed by atoms with Crippen LogP contribution in [0.15, 0.2) is 24.4 Å². The summed E-state index contributed by atoms with van der Waals surface area (Å²) >= 11 is 0. The van der Waals surface area contributed by atoms with Gasteiger partial charge in [0.15, 0.2) is 6.29 Å². The van der Waals surface area contributed by atoms with Crippen LogP contribution in [0.2, 0.25) is 0 Å². The van der Waals surface area contributed by atoms with E-state index in [-0.39, 0.29) is 17.1 Å². The summed E-state index contributed by atoms with van der Waals surface area (Å²) in [5.41, 5.74) is 0.123. The Labute approximate surface area is 101 Å². The average Bonchev–Trinajstić information content (AvgIpc) is 2.86. The molecule has 1 heterocycles. The van der Waals surface area contributed by atoms with Gasteiger partial charge in [0.1, 0.15) is 17.1 Å². The second-order valence-corrected chi connectivity index (χ2v) is 3.32. The van der Waals surface area contributed by atoms with E-state index in [0.29, 0.717) is 12.0 Å². The first-order chi connectivity index (χ1) is 8.65. The summed E-state index contributed by atoms with van der Waals surface area (Å²) in [6, 6.07) is 4.31. The summed E-state index contributed by atoms with van der Waals surface area (Å²) in [6.45, 7) is 0. The van der Waals surface area contributed by atoms with Crippen LogP contribution in [0.25, 0.3) is 5.69 Å². The van der Waals surface area contributed by atoms with Gasteiger partial charge in [-0.05, 0) is 12.1 Å². The fourth-order valence-corrected chi connectivity index (χ4v) is 1.42. The Morgan fingerprint density at radius 3 is 2.83 bits per heavy atom. The third-order valence-corrected chi connectivity index (χ3v) is 2.26. The molecule has 0 atom stereocenters. The van der Waals surface area contributed by atoms with Gasteiger partial charge in [0.2, 0.25) is 0 Å². The van der Waals surface area contributed by atoms with E-state index in [4.69, 9.17) is 4.74 Å². The monoisotopic (exact) mass is 248 g/mol. The Morgan fingerprint density at radius 1 is 1.50 bits per heavy atom. The highest BCUT2D eigenvalue weighted by Gasteiger charge is 2.17. The lowest BCUT2D eigenvalue weighted by Gasteiger charge is -2.04. The van der Waals surface area contributed by atoms with Gasteiger partial charge in [-0.2, -0.15) is 0 Å². The minimum Gasteiger partial charge on any atom is -0.496 e. The molecular weight excluding hydrogens is 240 g/mol. The SMILES string of the molecule is COc1ccc(-n2cc(C=O)nn2)c([N+](=O)[O-])c1. The molecule has 18 heavy (non-hydrogen) atoms. The van der Waals surface area contributed by atoms with Crippen LogP contribution in [0, 0.1) is 10.1 Å². The summed E-state index contributed by atoms with van der Waals surface area (Å²) in [4.78, 5) is 20.9. The van der Waals surface area contributed by atoms with E-state index in [9.17, 15) is 14.9 Å². The number of carbonyl (C=O) groups excluding carboxylic acids is 1. The lowest BCUT2D eigenvalue weighted by atomic mass is 10.2. The molecule has 2 rings (SSSR count). The Balaban J connectivity index is 2.55. The number of aldehydes is 1. The van der Waals surface area contributed by atoms with E-state index in [1.807, 2.05) is 0 Å². The van der Waals surface area contributed by atoms with Crippen LogP contribution >= 0.6 is 0 Å². The molecule has 0 spiro atoms. The number of ether oxygens (including phenoxy) is 1. The zero-order valence-corrected chi connectivity index (χ0v) is 9.31. The van der Waals surface area contributed by atoms with E-state index < -0.39 is 4.92 Å². The molecule has 0 saturated carbocycles. The highest BCUT2D eigenvalue weighted by atomic mass is 16.6. The number of nitro groups is 1. The smallest absolute Gasteiger partial charge is 0.298 e. The minimum absolute atomic E-state index is 0.0973. The summed E-state index contributed by atoms with van der Waals surface area (Å²) in [7, 11) is 1.42. The second kappa shape index (κ2) is 4.62. The standard InChI is InChI=1S/C10H8N4O4/c1-18-8-2-3-9(10(4-8)14(16)17)13-5-7(6-15)11-12-13/h2-6H,1H3. The molecule has 0 saturated heterocycles. The summed E-state index contributed by atoms with van der Waals surface area (Å²) in [5.74, 6) is 0.362. The quantitative estimate of drug-likeness (QED) is 0.454. The third-order valence-electron chi connectivity index (χ3n) is 2.26. The van der Waals surface area contributed by atoms with Gasteiger partial charge in [-0.1, -0.05) is 5.21 Å². The Morgan fingerprint density at radius 2 is 2.28 bits per heavy atom. The van der Waals surface area contributed by atoms with Crippen LogP contribution in [-0.4, -0.2) is 33.3 Å². The van der Waals surface area contributed by atoms with Crippen molar-refractivity contribution in [3.8, 4) is 11.4 Å². The summed E-state index contributed by atoms with van der Waals surface area (Å²) in [5, 5.41) is 18.1. The van der Waals surface area contributed by atoms with E-state index >= 15 is 0 Å². The van der Waals surface area contributed by atoms with Crippen molar-refractivity contribution >= 4 is 12.0 Å². The van der Waals surface area contributed by atoms with Crippen LogP contribution in [0.3, 0.4) is 0 Å². The lowest BCUT2D eigenvalue weighted by Crippen LogP contribution is -2.01. The van der Waals surface area contributed by atoms with Crippen LogP contribution in [0.5, 0.6) is 5.75 Å². The number of aromatic nitrogens is 3. The summed E-state index contributed by atoms with van der Waals surface area (Å²) < 4.78 is 6.08. The third kappa shape index (κ3) is 2.03. The predicted molar refractivity (Wildman–Crippen MR) is 60.0 cm³/mol. The minimum atomic E-state index is -0.555. The molecular formula is C10H8N4O4. The van der Waals surface area contributed by atoms with Crippen LogP contribution in [-0.2, 0) is 0 Å². The van der Waals surface area contributed by atoms with Crippen molar-refractivity contribution in [2.75, 3.05) is 7.11 Å². The molecule has 0 bridgehead atoms. The van der Waals surface area contributed by atoms with Crippen molar-refractivity contribution in [1.29, 1.82) is 0 Å². The van der Waals surface area contributed by atoms with Crippen molar-refractivity contribution < 1.29 is 14.5 Å². The molecule has 1 aromatic heterocycles. The topological polar surface area (TPSA) is 100 Å². The lowest BCUT2D eigenvalue weighted by molar-refractivity contribution is -0.384. The average molecular weight is 248 g/mol. The Kier molecular flexibility index (Phi) is 3.00. The number of nitro benzene ring substituents is 1. The molecule has 92 valence electrons. The van der Waals surface area contributed by atoms with Crippen molar-refractivity contribution in [3.05, 3.63) is 40.2 Å². The van der Waals surface area contributed by atoms with Crippen molar-refractivity contribution in [1.82, 2.24) is 15.0 Å². The van der Waals surface area contributed by atoms with Crippen LogP contribution < -0.4 is 4.74 Å². The van der Waals surface area contributed by atoms with Gasteiger partial charge in [-0.15, -0.1) is 5.10 Å². The Bertz CT molecular complexity index is 608. The predicted octanol–water partition coefficient (Wildman–Crippen LogP) is 0.997. The number of nitrogens with zero attached hydrogens (tertiary/aromatic N) is 4. The maximum Gasteiger partial charge on any atom is 0.298 e. The molecule has 8 heteroatoms. The molecule has 0 unspecified atom stereocenters. The highest BCUT2D eigenvalue weighted by molar-refractivity contribution is 5.71. The molecule has 0 N–H and O–H groups in total. The van der Waals surface area contributed by atoms with Crippen molar-refractivity contribution in [3.63, 3.8) is 0 Å². The molecule has 8 nitrogen and oxygen atoms in total. The van der Waals surface area contributed by atoms with E-state index in [1.54, 1.807) is 6.07 Å². The number of carbonyl (C=O) groups is 1. The van der Waals surface area contributed by atoms with Gasteiger partial charge in [0.25, 0.3) is 5.69 Å². The van der Waals surface area contributed by atoms with Crippen LogP contribution in [0.4, 0.5) is 5.69 Å². The molecule has 0 aliphatic carbocycles. The number of methoxy groups -OCH3 is 1. The molecule has 0 radical (unpaired) electrons. The van der Waals surface area contributed by atoms with Gasteiger partial charge >= 0.3 is 0 Å². The van der Waals surface area contributed by atoms with Gasteiger partial charge in [0.05, 0.1) is 24.3 Å². The van der Waals surface area contributed by atoms with E-state index in [1.165, 1.54) is 30.1 Å². The maximum atomic E-state index is 11.0. The molecule has 2 aromatic rings. The second-order valence-electron chi connectivity index (χ2n) is 3.32. The fraction of sp³-hybridized carbons (Fsp3) is 0.100. The molecule has 0 fully saturated rings. The fourth-order valence-electron chi connectivity index (χ4n) is 1.42. The summed E-state index contributed by atoms with van der Waals surface area (Å²) in [6.07, 6.45) is 1.82. The Hall–Kier alpha value is -2.77. The van der Waals surface area contributed by atoms with Crippen LogP contribution in [0.1, 0.15) is 10.5 Å². The maximum absolute atomic E-state index is 11.0. The number of hydrogen-bond acceptors (Lipinski definition) is 6. The molecule has 0 aliphatic rings. The van der Waals surface area contributed by atoms with Crippen molar-refractivity contribution in [2.24, 2.45) is 0 Å². The molecule has 0 aliphatic heterocycles. The van der Waals surface area contributed by atoms with Crippen molar-refractivity contribution in [2.45, 2.75) is 0 Å². The first-order valence-corrected chi connectivity index (χ1v) is 4.86. The normalized spacial score (nSPS) is 10.1. The highest BCUT2D eigenvalue weighted by Crippen LogP contribution is 2.27. The first-order valence-electron chi connectivity index (χ1n) is 4.86. The number of benzene rings is 1. The number of hydrogen-bond donors (Lipinski definition) is 0.